The van der Waals surface area contributed by atoms with Gasteiger partial charge in [0.1, 0.15) is 0 Å². The van der Waals surface area contributed by atoms with Crippen LogP contribution in [0.1, 0.15) is 30.9 Å². The Balaban J connectivity index is 3.06. The van der Waals surface area contributed by atoms with E-state index in [2.05, 4.69) is 4.72 Å². The van der Waals surface area contributed by atoms with Crippen LogP contribution in [-0.2, 0) is 10.0 Å². The largest absolute Gasteiger partial charge is 0.392 e. The van der Waals surface area contributed by atoms with Gasteiger partial charge in [0.15, 0.2) is 0 Å². The predicted molar refractivity (Wildman–Crippen MR) is 78.7 cm³/mol. The van der Waals surface area contributed by atoms with Crippen molar-refractivity contribution in [1.82, 2.24) is 4.72 Å². The Morgan fingerprint density at radius 1 is 1.38 bits per heavy atom. The molecule has 1 aromatic carbocycles. The summed E-state index contributed by atoms with van der Waals surface area (Å²) in [6, 6.07) is 2.42. The number of nitrogens with one attached hydrogen (secondary N) is 1. The Morgan fingerprint density at radius 2 is 2.00 bits per heavy atom. The lowest BCUT2D eigenvalue weighted by atomic mass is 10.1. The summed E-state index contributed by atoms with van der Waals surface area (Å²) < 4.78 is 26.5. The van der Waals surface area contributed by atoms with Gasteiger partial charge in [0.2, 0.25) is 10.0 Å². The molecule has 0 saturated carbocycles. The second-order valence-electron chi connectivity index (χ2n) is 4.94. The topological polar surface area (TPSA) is 110 Å². The molecule has 21 heavy (non-hydrogen) atoms. The lowest BCUT2D eigenvalue weighted by Gasteiger charge is -2.12. The number of nitrogens with zero attached hydrogens (tertiary/aromatic N) is 1. The maximum Gasteiger partial charge on any atom is 0.273 e. The number of aliphatic hydroxyl groups excluding tert-OH is 1. The summed E-state index contributed by atoms with van der Waals surface area (Å²) in [7, 11) is -3.88. The van der Waals surface area contributed by atoms with Gasteiger partial charge in [-0.05, 0) is 31.9 Å². The van der Waals surface area contributed by atoms with Crippen molar-refractivity contribution in [2.75, 3.05) is 6.54 Å². The average Bonchev–Trinajstić information content (AvgIpc) is 2.39. The SMILES string of the molecule is CCCC(O)CNS(=O)(=O)c1cc(C)c(C)c([N+](=O)[O-])c1. The van der Waals surface area contributed by atoms with Crippen LogP contribution in [0.5, 0.6) is 0 Å². The van der Waals surface area contributed by atoms with Crippen LogP contribution in [0.4, 0.5) is 5.69 Å². The highest BCUT2D eigenvalue weighted by atomic mass is 32.2. The monoisotopic (exact) mass is 316 g/mol. The Morgan fingerprint density at radius 3 is 2.52 bits per heavy atom. The van der Waals surface area contributed by atoms with Crippen molar-refractivity contribution in [3.8, 4) is 0 Å². The van der Waals surface area contributed by atoms with E-state index in [1.807, 2.05) is 6.92 Å². The third-order valence-electron chi connectivity index (χ3n) is 3.25. The molecule has 118 valence electrons. The molecule has 0 aliphatic carbocycles. The first kappa shape index (κ1) is 17.5. The van der Waals surface area contributed by atoms with E-state index in [1.165, 1.54) is 6.07 Å². The predicted octanol–water partition coefficient (Wildman–Crippen LogP) is 1.65. The van der Waals surface area contributed by atoms with Gasteiger partial charge < -0.3 is 5.11 Å². The molecule has 1 rings (SSSR count). The van der Waals surface area contributed by atoms with Crippen molar-refractivity contribution in [3.63, 3.8) is 0 Å². The van der Waals surface area contributed by atoms with Crippen LogP contribution in [0, 0.1) is 24.0 Å². The molecule has 8 heteroatoms. The second-order valence-corrected chi connectivity index (χ2v) is 6.70. The number of rotatable bonds is 7. The Bertz CT molecular complexity index is 628. The van der Waals surface area contributed by atoms with Crippen molar-refractivity contribution in [2.45, 2.75) is 44.6 Å². The first-order valence-corrected chi connectivity index (χ1v) is 8.10. The van der Waals surface area contributed by atoms with Crippen LogP contribution in [-0.4, -0.2) is 31.1 Å². The molecule has 7 nitrogen and oxygen atoms in total. The summed E-state index contributed by atoms with van der Waals surface area (Å²) in [5, 5.41) is 20.5. The van der Waals surface area contributed by atoms with E-state index in [0.29, 0.717) is 17.5 Å². The quantitative estimate of drug-likeness (QED) is 0.587. The fourth-order valence-corrected chi connectivity index (χ4v) is 3.05. The summed E-state index contributed by atoms with van der Waals surface area (Å²) in [5.41, 5.74) is 0.730. The van der Waals surface area contributed by atoms with Gasteiger partial charge in [-0.25, -0.2) is 13.1 Å². The van der Waals surface area contributed by atoms with Gasteiger partial charge in [-0.1, -0.05) is 13.3 Å². The minimum absolute atomic E-state index is 0.114. The standard InChI is InChI=1S/C13H20N2O5S/c1-4-5-11(16)8-14-21(19,20)12-6-9(2)10(3)13(7-12)15(17)18/h6-7,11,14,16H,4-5,8H2,1-3H3. The van der Waals surface area contributed by atoms with Gasteiger partial charge >= 0.3 is 0 Å². The number of aryl methyl sites for hydroxylation is 1. The molecule has 0 bridgehead atoms. The first-order valence-electron chi connectivity index (χ1n) is 6.62. The average molecular weight is 316 g/mol. The first-order chi connectivity index (χ1) is 9.69. The Labute approximate surface area is 124 Å². The molecule has 0 saturated heterocycles. The van der Waals surface area contributed by atoms with Crippen molar-refractivity contribution in [1.29, 1.82) is 0 Å². The van der Waals surface area contributed by atoms with E-state index in [1.54, 1.807) is 13.8 Å². The summed E-state index contributed by atoms with van der Waals surface area (Å²) >= 11 is 0. The third-order valence-corrected chi connectivity index (χ3v) is 4.65. The van der Waals surface area contributed by atoms with Gasteiger partial charge in [0, 0.05) is 18.2 Å². The molecule has 0 aliphatic rings. The third kappa shape index (κ3) is 4.48. The molecule has 0 heterocycles. The zero-order chi connectivity index (χ0) is 16.2. The lowest BCUT2D eigenvalue weighted by Crippen LogP contribution is -2.32. The smallest absolute Gasteiger partial charge is 0.273 e. The summed E-state index contributed by atoms with van der Waals surface area (Å²) in [4.78, 5) is 10.2. The fraction of sp³-hybridized carbons (Fsp3) is 0.538. The van der Waals surface area contributed by atoms with Crippen LogP contribution < -0.4 is 4.72 Å². The summed E-state index contributed by atoms with van der Waals surface area (Å²) in [6.07, 6.45) is 0.444. The lowest BCUT2D eigenvalue weighted by molar-refractivity contribution is -0.385. The minimum Gasteiger partial charge on any atom is -0.392 e. The van der Waals surface area contributed by atoms with Crippen molar-refractivity contribution < 1.29 is 18.4 Å². The highest BCUT2D eigenvalue weighted by molar-refractivity contribution is 7.89. The van der Waals surface area contributed by atoms with E-state index >= 15 is 0 Å². The molecule has 0 spiro atoms. The van der Waals surface area contributed by atoms with Gasteiger partial charge in [-0.15, -0.1) is 0 Å². The van der Waals surface area contributed by atoms with Crippen LogP contribution in [0.25, 0.3) is 0 Å². The number of sulfonamides is 1. The van der Waals surface area contributed by atoms with Crippen molar-refractivity contribution in [2.24, 2.45) is 0 Å². The highest BCUT2D eigenvalue weighted by Gasteiger charge is 2.22. The number of aliphatic hydroxyl groups is 1. The maximum absolute atomic E-state index is 12.1. The fourth-order valence-electron chi connectivity index (χ4n) is 1.88. The molecule has 0 radical (unpaired) electrons. The van der Waals surface area contributed by atoms with E-state index in [0.717, 1.165) is 12.5 Å². The maximum atomic E-state index is 12.1. The van der Waals surface area contributed by atoms with Crippen LogP contribution in [0.15, 0.2) is 17.0 Å². The molecule has 0 amide bonds. The molecular weight excluding hydrogens is 296 g/mol. The van der Waals surface area contributed by atoms with E-state index in [-0.39, 0.29) is 17.1 Å². The van der Waals surface area contributed by atoms with Gasteiger partial charge in [-0.2, -0.15) is 0 Å². The van der Waals surface area contributed by atoms with Gasteiger partial charge in [-0.3, -0.25) is 10.1 Å². The van der Waals surface area contributed by atoms with Crippen molar-refractivity contribution >= 4 is 15.7 Å². The number of hydrogen-bond acceptors (Lipinski definition) is 5. The molecule has 2 N–H and O–H groups in total. The second kappa shape index (κ2) is 6.97. The minimum atomic E-state index is -3.88. The van der Waals surface area contributed by atoms with Crippen molar-refractivity contribution in [3.05, 3.63) is 33.4 Å². The van der Waals surface area contributed by atoms with Crippen LogP contribution in [0.3, 0.4) is 0 Å². The number of nitro groups is 1. The number of hydrogen-bond donors (Lipinski definition) is 2. The van der Waals surface area contributed by atoms with Crippen LogP contribution in [0.2, 0.25) is 0 Å². The molecular formula is C13H20N2O5S. The van der Waals surface area contributed by atoms with Crippen LogP contribution >= 0.6 is 0 Å². The zero-order valence-corrected chi connectivity index (χ0v) is 13.1. The molecule has 1 atom stereocenters. The molecule has 1 unspecified atom stereocenters. The van der Waals surface area contributed by atoms with E-state index in [9.17, 15) is 23.6 Å². The summed E-state index contributed by atoms with van der Waals surface area (Å²) in [6.45, 7) is 4.96. The molecule has 0 fully saturated rings. The zero-order valence-electron chi connectivity index (χ0n) is 12.3. The van der Waals surface area contributed by atoms with Gasteiger partial charge in [0.25, 0.3) is 5.69 Å². The van der Waals surface area contributed by atoms with Gasteiger partial charge in [0.05, 0.1) is 15.9 Å². The van der Waals surface area contributed by atoms with E-state index < -0.39 is 21.1 Å². The highest BCUT2D eigenvalue weighted by Crippen LogP contribution is 2.25. The molecule has 0 aromatic heterocycles. The number of benzene rings is 1. The number of nitro benzene ring substituents is 1. The normalized spacial score (nSPS) is 13.1. The van der Waals surface area contributed by atoms with E-state index in [4.69, 9.17) is 0 Å². The Kier molecular flexibility index (Phi) is 5.82. The molecule has 0 aliphatic heterocycles. The Hall–Kier alpha value is -1.51. The molecule has 1 aromatic rings. The summed E-state index contributed by atoms with van der Waals surface area (Å²) in [5.74, 6) is 0.